The van der Waals surface area contributed by atoms with Gasteiger partial charge in [0.2, 0.25) is 0 Å². The van der Waals surface area contributed by atoms with Crippen molar-refractivity contribution in [3.05, 3.63) is 0 Å². The van der Waals surface area contributed by atoms with Crippen LogP contribution in [0.25, 0.3) is 0 Å². The lowest BCUT2D eigenvalue weighted by molar-refractivity contribution is -0.0879. The van der Waals surface area contributed by atoms with Gasteiger partial charge in [-0.2, -0.15) is 0 Å². The van der Waals surface area contributed by atoms with Crippen LogP contribution in [0.4, 0.5) is 8.78 Å². The number of rotatable bonds is 6. The Morgan fingerprint density at radius 3 is 1.85 bits per heavy atom. The van der Waals surface area contributed by atoms with Gasteiger partial charge in [-0.25, -0.2) is 8.78 Å². The van der Waals surface area contributed by atoms with Crippen LogP contribution in [0.3, 0.4) is 0 Å². The third-order valence-electron chi connectivity index (χ3n) is 7.95. The van der Waals surface area contributed by atoms with Crippen LogP contribution in [-0.2, 0) is 4.74 Å². The van der Waals surface area contributed by atoms with Crippen LogP contribution >= 0.6 is 0 Å². The summed E-state index contributed by atoms with van der Waals surface area (Å²) in [7, 11) is 0. The van der Waals surface area contributed by atoms with Crippen molar-refractivity contribution >= 4 is 0 Å². The molecule has 0 radical (unpaired) electrons. The molecule has 3 saturated carbocycles. The molecule has 26 heavy (non-hydrogen) atoms. The van der Waals surface area contributed by atoms with E-state index in [9.17, 15) is 8.78 Å². The second-order valence-corrected chi connectivity index (χ2v) is 9.40. The first-order valence-corrected chi connectivity index (χ1v) is 11.5. The van der Waals surface area contributed by atoms with Gasteiger partial charge in [0.05, 0.1) is 6.10 Å². The Labute approximate surface area is 159 Å². The van der Waals surface area contributed by atoms with Crippen molar-refractivity contribution in [3.63, 3.8) is 0 Å². The molecule has 3 heteroatoms. The second kappa shape index (κ2) is 9.85. The average Bonchev–Trinajstić information content (AvgIpc) is 2.69. The molecule has 0 aromatic carbocycles. The van der Waals surface area contributed by atoms with E-state index >= 15 is 0 Å². The van der Waals surface area contributed by atoms with E-state index in [0.29, 0.717) is 18.9 Å². The SMILES string of the molecule is CCCOC1CCC(C2CCC(C3CCC(CC)CC3)CC2)C(F)C1F. The van der Waals surface area contributed by atoms with Crippen LogP contribution in [0.5, 0.6) is 0 Å². The lowest BCUT2D eigenvalue weighted by Crippen LogP contribution is -2.46. The van der Waals surface area contributed by atoms with Crippen LogP contribution in [0.15, 0.2) is 0 Å². The van der Waals surface area contributed by atoms with E-state index in [4.69, 9.17) is 4.74 Å². The molecule has 0 N–H and O–H groups in total. The standard InChI is InChI=1S/C23H40F2O/c1-3-15-26-21-14-13-20(22(24)23(21)25)19-11-9-18(10-12-19)17-7-5-16(4-2)6-8-17/h16-23H,3-15H2,1-2H3. The Hall–Kier alpha value is -0.180. The Balaban J connectivity index is 1.45. The van der Waals surface area contributed by atoms with E-state index in [0.717, 1.165) is 43.4 Å². The van der Waals surface area contributed by atoms with E-state index in [-0.39, 0.29) is 5.92 Å². The first-order valence-electron chi connectivity index (χ1n) is 11.5. The highest BCUT2D eigenvalue weighted by Crippen LogP contribution is 2.46. The van der Waals surface area contributed by atoms with Crippen molar-refractivity contribution in [2.75, 3.05) is 6.61 Å². The lowest BCUT2D eigenvalue weighted by atomic mass is 9.65. The largest absolute Gasteiger partial charge is 0.375 e. The maximum Gasteiger partial charge on any atom is 0.157 e. The van der Waals surface area contributed by atoms with Gasteiger partial charge in [0, 0.05) is 6.61 Å². The Bertz CT molecular complexity index is 399. The Kier molecular flexibility index (Phi) is 7.78. The number of hydrogen-bond acceptors (Lipinski definition) is 1. The summed E-state index contributed by atoms with van der Waals surface area (Å²) in [5.41, 5.74) is 0. The Morgan fingerprint density at radius 2 is 1.27 bits per heavy atom. The van der Waals surface area contributed by atoms with E-state index in [1.165, 1.54) is 44.9 Å². The summed E-state index contributed by atoms with van der Waals surface area (Å²) in [5, 5.41) is 0. The van der Waals surface area contributed by atoms with E-state index in [2.05, 4.69) is 6.92 Å². The molecular weight excluding hydrogens is 330 g/mol. The fourth-order valence-corrected chi connectivity index (χ4v) is 6.17. The highest BCUT2D eigenvalue weighted by atomic mass is 19.2. The molecule has 4 atom stereocenters. The van der Waals surface area contributed by atoms with Crippen LogP contribution in [0, 0.1) is 29.6 Å². The molecule has 3 aliphatic carbocycles. The molecule has 0 spiro atoms. The first-order chi connectivity index (χ1) is 12.6. The van der Waals surface area contributed by atoms with Crippen molar-refractivity contribution in [1.29, 1.82) is 0 Å². The highest BCUT2D eigenvalue weighted by molar-refractivity contribution is 4.94. The van der Waals surface area contributed by atoms with Crippen molar-refractivity contribution in [2.45, 2.75) is 109 Å². The van der Waals surface area contributed by atoms with E-state index < -0.39 is 18.4 Å². The molecule has 0 aliphatic heterocycles. The zero-order valence-electron chi connectivity index (χ0n) is 17.0. The van der Waals surface area contributed by atoms with Gasteiger partial charge in [0.1, 0.15) is 6.17 Å². The minimum Gasteiger partial charge on any atom is -0.375 e. The number of alkyl halides is 2. The number of hydrogen-bond donors (Lipinski definition) is 0. The van der Waals surface area contributed by atoms with Crippen LogP contribution in [-0.4, -0.2) is 25.1 Å². The highest BCUT2D eigenvalue weighted by Gasteiger charge is 2.45. The lowest BCUT2D eigenvalue weighted by Gasteiger charge is -2.43. The van der Waals surface area contributed by atoms with E-state index in [1.807, 2.05) is 6.92 Å². The first kappa shape index (κ1) is 20.6. The molecular formula is C23H40F2O. The summed E-state index contributed by atoms with van der Waals surface area (Å²) in [4.78, 5) is 0. The molecule has 0 bridgehead atoms. The molecule has 0 aromatic heterocycles. The topological polar surface area (TPSA) is 9.23 Å². The van der Waals surface area contributed by atoms with Gasteiger partial charge in [-0.15, -0.1) is 0 Å². The van der Waals surface area contributed by atoms with Crippen molar-refractivity contribution in [3.8, 4) is 0 Å². The van der Waals surface area contributed by atoms with Gasteiger partial charge in [0.25, 0.3) is 0 Å². The molecule has 3 rings (SSSR count). The molecule has 1 nitrogen and oxygen atoms in total. The summed E-state index contributed by atoms with van der Waals surface area (Å²) >= 11 is 0. The minimum atomic E-state index is -1.41. The van der Waals surface area contributed by atoms with Crippen LogP contribution < -0.4 is 0 Å². The quantitative estimate of drug-likeness (QED) is 0.494. The van der Waals surface area contributed by atoms with Gasteiger partial charge < -0.3 is 4.74 Å². The molecule has 0 aromatic rings. The second-order valence-electron chi connectivity index (χ2n) is 9.40. The summed E-state index contributed by atoms with van der Waals surface area (Å²) in [5.74, 6) is 3.06. The van der Waals surface area contributed by atoms with Crippen LogP contribution in [0.2, 0.25) is 0 Å². The third kappa shape index (κ3) is 4.80. The summed E-state index contributed by atoms with van der Waals surface area (Å²) in [6, 6.07) is 0. The summed E-state index contributed by atoms with van der Waals surface area (Å²) in [6.45, 7) is 4.89. The minimum absolute atomic E-state index is 0.0664. The molecule has 0 heterocycles. The van der Waals surface area contributed by atoms with Crippen molar-refractivity contribution in [1.82, 2.24) is 0 Å². The predicted octanol–water partition coefficient (Wildman–Crippen LogP) is 6.89. The van der Waals surface area contributed by atoms with Gasteiger partial charge in [-0.05, 0) is 87.4 Å². The van der Waals surface area contributed by atoms with Crippen LogP contribution in [0.1, 0.15) is 90.9 Å². The molecule has 4 unspecified atom stereocenters. The van der Waals surface area contributed by atoms with Gasteiger partial charge in [0.15, 0.2) is 6.17 Å². The zero-order valence-corrected chi connectivity index (χ0v) is 17.0. The van der Waals surface area contributed by atoms with Crippen molar-refractivity contribution in [2.24, 2.45) is 29.6 Å². The Morgan fingerprint density at radius 1 is 0.692 bits per heavy atom. The number of ether oxygens (including phenoxy) is 1. The maximum atomic E-state index is 14.8. The average molecular weight is 371 g/mol. The molecule has 0 saturated heterocycles. The van der Waals surface area contributed by atoms with Gasteiger partial charge in [-0.1, -0.05) is 33.1 Å². The predicted molar refractivity (Wildman–Crippen MR) is 104 cm³/mol. The summed E-state index contributed by atoms with van der Waals surface area (Å²) in [6.07, 6.45) is 10.9. The third-order valence-corrected chi connectivity index (χ3v) is 7.95. The molecule has 0 amide bonds. The number of halogens is 2. The van der Waals surface area contributed by atoms with Crippen molar-refractivity contribution < 1.29 is 13.5 Å². The van der Waals surface area contributed by atoms with Gasteiger partial charge in [-0.3, -0.25) is 0 Å². The maximum absolute atomic E-state index is 14.8. The zero-order chi connectivity index (χ0) is 18.5. The molecule has 152 valence electrons. The monoisotopic (exact) mass is 370 g/mol. The fraction of sp³-hybridized carbons (Fsp3) is 1.00. The molecule has 3 fully saturated rings. The fourth-order valence-electron chi connectivity index (χ4n) is 6.17. The van der Waals surface area contributed by atoms with E-state index in [1.54, 1.807) is 0 Å². The summed E-state index contributed by atoms with van der Waals surface area (Å²) < 4.78 is 34.8. The molecule has 3 aliphatic rings. The smallest absolute Gasteiger partial charge is 0.157 e. The normalized spacial score (nSPS) is 44.8. The van der Waals surface area contributed by atoms with Gasteiger partial charge >= 0.3 is 0 Å².